The van der Waals surface area contributed by atoms with E-state index in [1.807, 2.05) is 22.9 Å². The number of thiocarbonyl (C=S) groups is 1. The Labute approximate surface area is 159 Å². The molecule has 3 rings (SSSR count). The van der Waals surface area contributed by atoms with E-state index in [0.29, 0.717) is 5.13 Å². The Bertz CT molecular complexity index is 1020. The number of hydrazone groups is 1. The van der Waals surface area contributed by atoms with E-state index in [-0.39, 0.29) is 10.0 Å². The zero-order chi connectivity index (χ0) is 18.6. The van der Waals surface area contributed by atoms with E-state index in [1.165, 1.54) is 29.7 Å². The molecule has 26 heavy (non-hydrogen) atoms. The van der Waals surface area contributed by atoms with Crippen LogP contribution in [0.4, 0.5) is 5.13 Å². The van der Waals surface area contributed by atoms with Gasteiger partial charge in [0.05, 0.1) is 16.8 Å². The Hall–Kier alpha value is -2.76. The minimum Gasteiger partial charge on any atom is -0.375 e. The standard InChI is InChI=1S/C15H14N6O2S3/c16-14(24)19-18-10-12-2-1-8-21(12)11-3-5-13(6-4-11)26(22,23)20-15-17-7-9-25-15/h1-10H,(H,17,20)(H3,16,19,24)/b18-10+. The number of nitrogens with one attached hydrogen (secondary N) is 2. The summed E-state index contributed by atoms with van der Waals surface area (Å²) in [6.45, 7) is 0. The van der Waals surface area contributed by atoms with Gasteiger partial charge in [0.1, 0.15) is 0 Å². The van der Waals surface area contributed by atoms with Crippen molar-refractivity contribution >= 4 is 50.0 Å². The molecule has 0 unspecified atom stereocenters. The molecule has 0 saturated heterocycles. The maximum absolute atomic E-state index is 12.4. The molecule has 0 amide bonds. The van der Waals surface area contributed by atoms with Gasteiger partial charge < -0.3 is 10.3 Å². The number of nitrogens with zero attached hydrogens (tertiary/aromatic N) is 3. The van der Waals surface area contributed by atoms with Crippen LogP contribution in [-0.2, 0) is 10.0 Å². The van der Waals surface area contributed by atoms with Crippen LogP contribution in [-0.4, -0.2) is 29.3 Å². The van der Waals surface area contributed by atoms with E-state index in [0.717, 1.165) is 11.4 Å². The lowest BCUT2D eigenvalue weighted by Crippen LogP contribution is -2.24. The zero-order valence-electron chi connectivity index (χ0n) is 13.2. The number of benzene rings is 1. The monoisotopic (exact) mass is 406 g/mol. The molecule has 2 heterocycles. The number of anilines is 1. The molecule has 0 atom stereocenters. The number of nitrogens with two attached hydrogens (primary N) is 1. The van der Waals surface area contributed by atoms with Crippen LogP contribution in [0.3, 0.4) is 0 Å². The lowest BCUT2D eigenvalue weighted by atomic mass is 10.3. The molecule has 0 radical (unpaired) electrons. The molecule has 0 spiro atoms. The first kappa shape index (κ1) is 18.0. The summed E-state index contributed by atoms with van der Waals surface area (Å²) in [7, 11) is -3.68. The number of rotatable bonds is 6. The first-order valence-electron chi connectivity index (χ1n) is 7.24. The molecule has 1 aromatic carbocycles. The van der Waals surface area contributed by atoms with Gasteiger partial charge in [0.25, 0.3) is 10.0 Å². The highest BCUT2D eigenvalue weighted by Gasteiger charge is 2.15. The van der Waals surface area contributed by atoms with Crippen LogP contribution in [0, 0.1) is 0 Å². The van der Waals surface area contributed by atoms with Gasteiger partial charge in [-0.3, -0.25) is 10.1 Å². The van der Waals surface area contributed by atoms with Crippen LogP contribution in [0.1, 0.15) is 5.69 Å². The smallest absolute Gasteiger partial charge is 0.263 e. The second kappa shape index (κ2) is 7.64. The number of thiazole rings is 1. The highest BCUT2D eigenvalue weighted by molar-refractivity contribution is 7.93. The fourth-order valence-electron chi connectivity index (χ4n) is 2.13. The summed E-state index contributed by atoms with van der Waals surface area (Å²) in [6.07, 6.45) is 4.93. The fourth-order valence-corrected chi connectivity index (χ4v) is 3.97. The van der Waals surface area contributed by atoms with Gasteiger partial charge in [-0.15, -0.1) is 11.3 Å². The largest absolute Gasteiger partial charge is 0.375 e. The molecule has 0 bridgehead atoms. The predicted molar refractivity (Wildman–Crippen MR) is 106 cm³/mol. The molecule has 11 heteroatoms. The van der Waals surface area contributed by atoms with Gasteiger partial charge in [-0.05, 0) is 48.6 Å². The lowest BCUT2D eigenvalue weighted by molar-refractivity contribution is 0.601. The van der Waals surface area contributed by atoms with E-state index < -0.39 is 10.0 Å². The summed E-state index contributed by atoms with van der Waals surface area (Å²) >= 11 is 5.90. The van der Waals surface area contributed by atoms with Gasteiger partial charge in [-0.25, -0.2) is 13.4 Å². The molecule has 4 N–H and O–H groups in total. The maximum Gasteiger partial charge on any atom is 0.263 e. The molecule has 134 valence electrons. The molecule has 8 nitrogen and oxygen atoms in total. The Kier molecular flexibility index (Phi) is 5.30. The minimum atomic E-state index is -3.68. The second-order valence-electron chi connectivity index (χ2n) is 4.97. The van der Waals surface area contributed by atoms with Crippen molar-refractivity contribution in [2.45, 2.75) is 4.90 Å². The second-order valence-corrected chi connectivity index (χ2v) is 7.99. The molecule has 0 aliphatic rings. The number of hydrogen-bond acceptors (Lipinski definition) is 6. The third-order valence-corrected chi connectivity index (χ3v) is 5.49. The van der Waals surface area contributed by atoms with Crippen LogP contribution in [0.15, 0.2) is 64.2 Å². The lowest BCUT2D eigenvalue weighted by Gasteiger charge is -2.09. The van der Waals surface area contributed by atoms with Crippen molar-refractivity contribution in [3.8, 4) is 5.69 Å². The van der Waals surface area contributed by atoms with Crippen molar-refractivity contribution < 1.29 is 8.42 Å². The molecule has 2 aromatic heterocycles. The summed E-state index contributed by atoms with van der Waals surface area (Å²) in [4.78, 5) is 4.07. The van der Waals surface area contributed by atoms with Gasteiger partial charge in [-0.2, -0.15) is 5.10 Å². The Balaban J connectivity index is 1.81. The summed E-state index contributed by atoms with van der Waals surface area (Å²) in [5, 5.41) is 6.01. The average Bonchev–Trinajstić information content (AvgIpc) is 3.26. The van der Waals surface area contributed by atoms with E-state index in [1.54, 1.807) is 23.7 Å². The third kappa shape index (κ3) is 4.25. The Morgan fingerprint density at radius 3 is 2.73 bits per heavy atom. The van der Waals surface area contributed by atoms with E-state index in [9.17, 15) is 8.42 Å². The van der Waals surface area contributed by atoms with Crippen molar-refractivity contribution in [3.05, 3.63) is 59.9 Å². The summed E-state index contributed by atoms with van der Waals surface area (Å²) in [5.74, 6) is 0. The van der Waals surface area contributed by atoms with Crippen molar-refractivity contribution in [1.82, 2.24) is 15.0 Å². The molecular weight excluding hydrogens is 392 g/mol. The highest BCUT2D eigenvalue weighted by atomic mass is 32.2. The van der Waals surface area contributed by atoms with E-state index in [2.05, 4.69) is 32.5 Å². The van der Waals surface area contributed by atoms with Crippen molar-refractivity contribution in [3.63, 3.8) is 0 Å². The number of aromatic nitrogens is 2. The van der Waals surface area contributed by atoms with Crippen LogP contribution in [0.5, 0.6) is 0 Å². The maximum atomic E-state index is 12.4. The quantitative estimate of drug-likeness (QED) is 0.327. The van der Waals surface area contributed by atoms with Crippen LogP contribution < -0.4 is 15.9 Å². The molecule has 0 aliphatic carbocycles. The average molecular weight is 407 g/mol. The minimum absolute atomic E-state index is 0.0710. The van der Waals surface area contributed by atoms with E-state index >= 15 is 0 Å². The third-order valence-electron chi connectivity index (χ3n) is 3.23. The van der Waals surface area contributed by atoms with Crippen LogP contribution in [0.2, 0.25) is 0 Å². The van der Waals surface area contributed by atoms with Crippen molar-refractivity contribution in [2.24, 2.45) is 10.8 Å². The highest BCUT2D eigenvalue weighted by Crippen LogP contribution is 2.20. The first-order valence-corrected chi connectivity index (χ1v) is 10.0. The molecule has 0 fully saturated rings. The summed E-state index contributed by atoms with van der Waals surface area (Å²) in [5.41, 5.74) is 9.35. The Morgan fingerprint density at radius 1 is 1.31 bits per heavy atom. The SMILES string of the molecule is NC(=S)N/N=C/c1cccn1-c1ccc(S(=O)(=O)Nc2nccs2)cc1. The van der Waals surface area contributed by atoms with Crippen LogP contribution in [0.25, 0.3) is 5.69 Å². The zero-order valence-corrected chi connectivity index (χ0v) is 15.7. The molecule has 0 aliphatic heterocycles. The molecular formula is C15H14N6O2S3. The van der Waals surface area contributed by atoms with Gasteiger partial charge in [0.15, 0.2) is 10.2 Å². The fraction of sp³-hybridized carbons (Fsp3) is 0. The van der Waals surface area contributed by atoms with Crippen molar-refractivity contribution in [1.29, 1.82) is 0 Å². The van der Waals surface area contributed by atoms with Gasteiger partial charge in [0, 0.05) is 23.5 Å². The number of sulfonamides is 1. The topological polar surface area (TPSA) is 114 Å². The van der Waals surface area contributed by atoms with E-state index in [4.69, 9.17) is 5.73 Å². The van der Waals surface area contributed by atoms with Gasteiger partial charge >= 0.3 is 0 Å². The van der Waals surface area contributed by atoms with Crippen molar-refractivity contribution in [2.75, 3.05) is 4.72 Å². The number of hydrogen-bond donors (Lipinski definition) is 3. The molecule has 0 saturated carbocycles. The van der Waals surface area contributed by atoms with Crippen LogP contribution >= 0.6 is 23.6 Å². The first-order chi connectivity index (χ1) is 12.5. The Morgan fingerprint density at radius 2 is 2.08 bits per heavy atom. The normalized spacial score (nSPS) is 11.5. The predicted octanol–water partition coefficient (Wildman–Crippen LogP) is 1.90. The summed E-state index contributed by atoms with van der Waals surface area (Å²) < 4.78 is 29.0. The van der Waals surface area contributed by atoms with Gasteiger partial charge in [-0.1, -0.05) is 0 Å². The summed E-state index contributed by atoms with van der Waals surface area (Å²) in [6, 6.07) is 10.2. The molecule has 3 aromatic rings. The van der Waals surface area contributed by atoms with Gasteiger partial charge in [0.2, 0.25) is 0 Å².